The molecule has 0 saturated heterocycles. The highest BCUT2D eigenvalue weighted by atomic mass is 16.1. The minimum Gasteiger partial charge on any atom is -0.311 e. The molecular weight excluding hydrogens is 176 g/mol. The first-order valence-corrected chi connectivity index (χ1v) is 5.37. The number of hydrogen-bond donors (Lipinski definition) is 1. The summed E-state index contributed by atoms with van der Waals surface area (Å²) < 4.78 is 0. The van der Waals surface area contributed by atoms with Crippen LogP contribution in [0.3, 0.4) is 0 Å². The Bertz CT molecular complexity index is 366. The van der Waals surface area contributed by atoms with Crippen LogP contribution in [-0.2, 0) is 12.8 Å². The second-order valence-corrected chi connectivity index (χ2v) is 4.08. The smallest absolute Gasteiger partial charge is 0.251 e. The second-order valence-electron chi connectivity index (χ2n) is 4.08. The van der Waals surface area contributed by atoms with Gasteiger partial charge in [0.2, 0.25) is 0 Å². The van der Waals surface area contributed by atoms with Gasteiger partial charge in [0, 0.05) is 18.2 Å². The van der Waals surface area contributed by atoms with Crippen molar-refractivity contribution in [2.45, 2.75) is 39.0 Å². The van der Waals surface area contributed by atoms with E-state index in [0.29, 0.717) is 0 Å². The summed E-state index contributed by atoms with van der Waals surface area (Å²) in [6, 6.07) is 1.61. The molecule has 0 atom stereocenters. The maximum Gasteiger partial charge on any atom is 0.251 e. The number of nitrogens with one attached hydrogen (secondary N) is 1. The third-order valence-corrected chi connectivity index (χ3v) is 2.53. The van der Waals surface area contributed by atoms with Gasteiger partial charge in [0.25, 0.3) is 5.56 Å². The number of hydrogen-bond acceptors (Lipinski definition) is 2. The van der Waals surface area contributed by atoms with Gasteiger partial charge in [-0.1, -0.05) is 13.3 Å². The summed E-state index contributed by atoms with van der Waals surface area (Å²) in [6.45, 7) is 2.10. The van der Waals surface area contributed by atoms with Crippen molar-refractivity contribution < 1.29 is 0 Å². The van der Waals surface area contributed by atoms with Gasteiger partial charge in [0.15, 0.2) is 0 Å². The van der Waals surface area contributed by atoms with Crippen molar-refractivity contribution in [3.05, 3.63) is 27.9 Å². The first-order valence-electron chi connectivity index (χ1n) is 5.37. The van der Waals surface area contributed by atoms with Crippen LogP contribution in [0.4, 0.5) is 0 Å². The Balaban J connectivity index is 2.16. The SMILES string of the molecule is CCCc1cc(=O)[nH]c(CC2CC2)n1. The Kier molecular flexibility index (Phi) is 2.66. The second kappa shape index (κ2) is 3.95. The fraction of sp³-hybridized carbons (Fsp3) is 0.636. The molecule has 1 N–H and O–H groups in total. The Morgan fingerprint density at radius 1 is 1.57 bits per heavy atom. The van der Waals surface area contributed by atoms with Crippen molar-refractivity contribution in [3.8, 4) is 0 Å². The van der Waals surface area contributed by atoms with E-state index in [-0.39, 0.29) is 5.56 Å². The van der Waals surface area contributed by atoms with E-state index in [9.17, 15) is 4.79 Å². The summed E-state index contributed by atoms with van der Waals surface area (Å²) >= 11 is 0. The largest absolute Gasteiger partial charge is 0.311 e. The molecule has 0 aromatic carbocycles. The summed E-state index contributed by atoms with van der Waals surface area (Å²) in [5, 5.41) is 0. The molecule has 0 bridgehead atoms. The summed E-state index contributed by atoms with van der Waals surface area (Å²) in [7, 11) is 0. The molecule has 0 spiro atoms. The molecule has 0 aliphatic heterocycles. The predicted molar refractivity (Wildman–Crippen MR) is 55.3 cm³/mol. The topological polar surface area (TPSA) is 45.8 Å². The maximum absolute atomic E-state index is 11.3. The molecule has 1 saturated carbocycles. The minimum atomic E-state index is -0.000833. The van der Waals surface area contributed by atoms with E-state index < -0.39 is 0 Å². The molecule has 3 nitrogen and oxygen atoms in total. The van der Waals surface area contributed by atoms with Crippen LogP contribution < -0.4 is 5.56 Å². The fourth-order valence-electron chi connectivity index (χ4n) is 1.64. The van der Waals surface area contributed by atoms with Gasteiger partial charge in [0.1, 0.15) is 5.82 Å². The van der Waals surface area contributed by atoms with E-state index in [0.717, 1.165) is 36.7 Å². The first-order chi connectivity index (χ1) is 6.78. The molecule has 14 heavy (non-hydrogen) atoms. The van der Waals surface area contributed by atoms with E-state index in [1.54, 1.807) is 6.07 Å². The van der Waals surface area contributed by atoms with Crippen LogP contribution in [-0.4, -0.2) is 9.97 Å². The normalized spacial score (nSPS) is 15.8. The van der Waals surface area contributed by atoms with Crippen LogP contribution in [0.5, 0.6) is 0 Å². The highest BCUT2D eigenvalue weighted by Crippen LogP contribution is 2.31. The number of aromatic nitrogens is 2. The fourth-order valence-corrected chi connectivity index (χ4v) is 1.64. The Morgan fingerprint density at radius 2 is 2.36 bits per heavy atom. The highest BCUT2D eigenvalue weighted by Gasteiger charge is 2.22. The average molecular weight is 192 g/mol. The summed E-state index contributed by atoms with van der Waals surface area (Å²) in [4.78, 5) is 18.6. The van der Waals surface area contributed by atoms with Gasteiger partial charge >= 0.3 is 0 Å². The van der Waals surface area contributed by atoms with Crippen LogP contribution in [0.25, 0.3) is 0 Å². The van der Waals surface area contributed by atoms with Crippen LogP contribution in [0.1, 0.15) is 37.7 Å². The molecule has 1 aliphatic rings. The van der Waals surface area contributed by atoms with Gasteiger partial charge in [-0.25, -0.2) is 4.98 Å². The van der Waals surface area contributed by atoms with Crippen molar-refractivity contribution in [2.24, 2.45) is 5.92 Å². The van der Waals surface area contributed by atoms with E-state index in [2.05, 4.69) is 16.9 Å². The van der Waals surface area contributed by atoms with Crippen LogP contribution in [0.2, 0.25) is 0 Å². The molecule has 2 rings (SSSR count). The number of aryl methyl sites for hydroxylation is 1. The van der Waals surface area contributed by atoms with E-state index in [4.69, 9.17) is 0 Å². The van der Waals surface area contributed by atoms with E-state index in [1.165, 1.54) is 12.8 Å². The maximum atomic E-state index is 11.3. The predicted octanol–water partition coefficient (Wildman–Crippen LogP) is 1.67. The molecule has 0 radical (unpaired) electrons. The molecular formula is C11H16N2O. The van der Waals surface area contributed by atoms with Gasteiger partial charge in [-0.15, -0.1) is 0 Å². The lowest BCUT2D eigenvalue weighted by atomic mass is 10.2. The van der Waals surface area contributed by atoms with Gasteiger partial charge < -0.3 is 4.98 Å². The van der Waals surface area contributed by atoms with Crippen molar-refractivity contribution in [3.63, 3.8) is 0 Å². The van der Waals surface area contributed by atoms with Gasteiger partial charge in [-0.05, 0) is 25.2 Å². The Hall–Kier alpha value is -1.12. The number of H-pyrrole nitrogens is 1. The molecule has 1 heterocycles. The van der Waals surface area contributed by atoms with Crippen LogP contribution in [0.15, 0.2) is 10.9 Å². The first kappa shape index (κ1) is 9.44. The minimum absolute atomic E-state index is 0.000833. The molecule has 76 valence electrons. The monoisotopic (exact) mass is 192 g/mol. The summed E-state index contributed by atoms with van der Waals surface area (Å²) in [5.74, 6) is 1.65. The molecule has 1 aromatic rings. The number of nitrogens with zero attached hydrogens (tertiary/aromatic N) is 1. The molecule has 0 amide bonds. The van der Waals surface area contributed by atoms with E-state index in [1.807, 2.05) is 0 Å². The van der Waals surface area contributed by atoms with E-state index >= 15 is 0 Å². The summed E-state index contributed by atoms with van der Waals surface area (Å²) in [6.07, 6.45) is 5.48. The van der Waals surface area contributed by atoms with Crippen molar-refractivity contribution in [2.75, 3.05) is 0 Å². The van der Waals surface area contributed by atoms with Crippen molar-refractivity contribution in [1.82, 2.24) is 9.97 Å². The number of aromatic amines is 1. The van der Waals surface area contributed by atoms with Crippen LogP contribution >= 0.6 is 0 Å². The van der Waals surface area contributed by atoms with Crippen molar-refractivity contribution in [1.29, 1.82) is 0 Å². The standard InChI is InChI=1S/C11H16N2O/c1-2-3-9-7-11(14)13-10(12-9)6-8-4-5-8/h7-8H,2-6H2,1H3,(H,12,13,14). The molecule has 0 unspecified atom stereocenters. The third kappa shape index (κ3) is 2.44. The summed E-state index contributed by atoms with van der Waals surface area (Å²) in [5.41, 5.74) is 0.936. The highest BCUT2D eigenvalue weighted by molar-refractivity contribution is 5.04. The lowest BCUT2D eigenvalue weighted by Gasteiger charge is -2.01. The number of rotatable bonds is 4. The Labute approximate surface area is 83.6 Å². The molecule has 1 fully saturated rings. The zero-order chi connectivity index (χ0) is 9.97. The third-order valence-electron chi connectivity index (χ3n) is 2.53. The molecule has 3 heteroatoms. The quantitative estimate of drug-likeness (QED) is 0.788. The van der Waals surface area contributed by atoms with Gasteiger partial charge in [0.05, 0.1) is 0 Å². The molecule has 1 aliphatic carbocycles. The average Bonchev–Trinajstić information content (AvgIpc) is 2.87. The molecule has 1 aromatic heterocycles. The Morgan fingerprint density at radius 3 is 3.00 bits per heavy atom. The van der Waals surface area contributed by atoms with Gasteiger partial charge in [-0.2, -0.15) is 0 Å². The zero-order valence-corrected chi connectivity index (χ0v) is 8.55. The lowest BCUT2D eigenvalue weighted by molar-refractivity contribution is 0.742. The zero-order valence-electron chi connectivity index (χ0n) is 8.55. The lowest BCUT2D eigenvalue weighted by Crippen LogP contribution is -2.13. The van der Waals surface area contributed by atoms with Crippen molar-refractivity contribution >= 4 is 0 Å². The van der Waals surface area contributed by atoms with Gasteiger partial charge in [-0.3, -0.25) is 4.79 Å². The van der Waals surface area contributed by atoms with Crippen LogP contribution in [0, 0.1) is 5.92 Å².